The van der Waals surface area contributed by atoms with E-state index in [2.05, 4.69) is 9.88 Å². The van der Waals surface area contributed by atoms with E-state index in [0.29, 0.717) is 51.8 Å². The molecule has 134 valence electrons. The Bertz CT molecular complexity index is 641. The van der Waals surface area contributed by atoms with Crippen LogP contribution in [0.25, 0.3) is 0 Å². The number of hydrogen-bond acceptors (Lipinski definition) is 7. The lowest BCUT2D eigenvalue weighted by Crippen LogP contribution is -2.48. The maximum Gasteiger partial charge on any atom is 0.246 e. The number of nitrogens with zero attached hydrogens (tertiary/aromatic N) is 4. The Kier molecular flexibility index (Phi) is 5.67. The number of aliphatic hydroxyl groups is 1. The number of morpholine rings is 1. The summed E-state index contributed by atoms with van der Waals surface area (Å²) < 4.78 is 32.7. The van der Waals surface area contributed by atoms with Crippen molar-refractivity contribution in [1.82, 2.24) is 14.2 Å². The summed E-state index contributed by atoms with van der Waals surface area (Å²) in [4.78, 5) is 8.80. The van der Waals surface area contributed by atoms with Crippen molar-refractivity contribution in [2.24, 2.45) is 0 Å². The molecule has 1 aromatic rings. The van der Waals surface area contributed by atoms with Crippen LogP contribution < -0.4 is 4.90 Å². The fourth-order valence-electron chi connectivity index (χ4n) is 3.07. The Morgan fingerprint density at radius 3 is 2.50 bits per heavy atom. The lowest BCUT2D eigenvalue weighted by atomic mass is 10.3. The summed E-state index contributed by atoms with van der Waals surface area (Å²) >= 11 is 0. The molecule has 0 saturated carbocycles. The van der Waals surface area contributed by atoms with Gasteiger partial charge < -0.3 is 14.7 Å². The van der Waals surface area contributed by atoms with E-state index < -0.39 is 10.0 Å². The quantitative estimate of drug-likeness (QED) is 0.740. The Morgan fingerprint density at radius 2 is 1.83 bits per heavy atom. The first-order chi connectivity index (χ1) is 11.6. The van der Waals surface area contributed by atoms with E-state index in [4.69, 9.17) is 9.84 Å². The molecule has 2 aliphatic heterocycles. The smallest absolute Gasteiger partial charge is 0.246 e. The highest BCUT2D eigenvalue weighted by atomic mass is 32.2. The van der Waals surface area contributed by atoms with Crippen molar-refractivity contribution in [3.63, 3.8) is 0 Å². The minimum Gasteiger partial charge on any atom is -0.395 e. The topological polar surface area (TPSA) is 86.2 Å². The Balaban J connectivity index is 1.81. The van der Waals surface area contributed by atoms with Gasteiger partial charge in [0.25, 0.3) is 0 Å². The minimum atomic E-state index is -3.57. The second-order valence-corrected chi connectivity index (χ2v) is 7.80. The van der Waals surface area contributed by atoms with Gasteiger partial charge in [0.05, 0.1) is 19.8 Å². The first kappa shape index (κ1) is 17.6. The van der Waals surface area contributed by atoms with Crippen molar-refractivity contribution in [1.29, 1.82) is 0 Å². The zero-order valence-corrected chi connectivity index (χ0v) is 14.5. The van der Waals surface area contributed by atoms with Crippen LogP contribution >= 0.6 is 0 Å². The second-order valence-electron chi connectivity index (χ2n) is 5.89. The molecule has 0 atom stereocenters. The maximum atomic E-state index is 13.0. The van der Waals surface area contributed by atoms with E-state index in [0.717, 1.165) is 13.1 Å². The number of hydrogen-bond donors (Lipinski definition) is 1. The van der Waals surface area contributed by atoms with Gasteiger partial charge in [-0.15, -0.1) is 0 Å². The van der Waals surface area contributed by atoms with Gasteiger partial charge in [-0.05, 0) is 12.1 Å². The maximum absolute atomic E-state index is 13.0. The van der Waals surface area contributed by atoms with Gasteiger partial charge in [0.2, 0.25) is 10.0 Å². The van der Waals surface area contributed by atoms with Gasteiger partial charge in [0.1, 0.15) is 10.7 Å². The highest BCUT2D eigenvalue weighted by Gasteiger charge is 2.31. The van der Waals surface area contributed by atoms with Gasteiger partial charge in [-0.2, -0.15) is 4.31 Å². The first-order valence-corrected chi connectivity index (χ1v) is 9.68. The molecule has 2 aliphatic rings. The molecule has 0 radical (unpaired) electrons. The molecule has 9 heteroatoms. The predicted octanol–water partition coefficient (Wildman–Crippen LogP) is -0.783. The molecule has 0 amide bonds. The molecular formula is C15H24N4O4S. The molecular weight excluding hydrogens is 332 g/mol. The molecule has 2 fully saturated rings. The van der Waals surface area contributed by atoms with Crippen LogP contribution in [-0.2, 0) is 14.8 Å². The lowest BCUT2D eigenvalue weighted by molar-refractivity contribution is 0.0730. The highest BCUT2D eigenvalue weighted by molar-refractivity contribution is 7.89. The Labute approximate surface area is 142 Å². The zero-order valence-electron chi connectivity index (χ0n) is 13.7. The fourth-order valence-corrected chi connectivity index (χ4v) is 4.64. The molecule has 8 nitrogen and oxygen atoms in total. The van der Waals surface area contributed by atoms with Crippen LogP contribution in [0, 0.1) is 0 Å². The van der Waals surface area contributed by atoms with Gasteiger partial charge >= 0.3 is 0 Å². The molecule has 1 N–H and O–H groups in total. The monoisotopic (exact) mass is 356 g/mol. The molecule has 2 saturated heterocycles. The van der Waals surface area contributed by atoms with E-state index in [1.807, 2.05) is 4.90 Å². The number of sulfonamides is 1. The number of rotatable bonds is 5. The summed E-state index contributed by atoms with van der Waals surface area (Å²) in [6.07, 6.45) is 1.63. The minimum absolute atomic E-state index is 0.139. The average Bonchev–Trinajstić information content (AvgIpc) is 2.63. The normalized spacial score (nSPS) is 21.1. The third-order valence-corrected chi connectivity index (χ3v) is 6.35. The number of anilines is 1. The Hall–Kier alpha value is -1.26. The average molecular weight is 356 g/mol. The van der Waals surface area contributed by atoms with E-state index in [1.54, 1.807) is 18.3 Å². The lowest BCUT2D eigenvalue weighted by Gasteiger charge is -2.36. The first-order valence-electron chi connectivity index (χ1n) is 8.24. The van der Waals surface area contributed by atoms with E-state index >= 15 is 0 Å². The predicted molar refractivity (Wildman–Crippen MR) is 89.6 cm³/mol. The van der Waals surface area contributed by atoms with Crippen LogP contribution in [0.4, 0.5) is 5.82 Å². The summed E-state index contributed by atoms with van der Waals surface area (Å²) in [5.41, 5.74) is 0. The van der Waals surface area contributed by atoms with Crippen molar-refractivity contribution in [3.8, 4) is 0 Å². The van der Waals surface area contributed by atoms with Crippen molar-refractivity contribution in [2.75, 3.05) is 70.5 Å². The fraction of sp³-hybridized carbons (Fsp3) is 0.667. The van der Waals surface area contributed by atoms with Crippen molar-refractivity contribution in [2.45, 2.75) is 4.90 Å². The molecule has 0 spiro atoms. The molecule has 0 aromatic carbocycles. The van der Waals surface area contributed by atoms with Gasteiger partial charge in [-0.1, -0.05) is 0 Å². The highest BCUT2D eigenvalue weighted by Crippen LogP contribution is 2.26. The molecule has 0 bridgehead atoms. The third-order valence-electron chi connectivity index (χ3n) is 4.43. The number of ether oxygens (including phenoxy) is 1. The molecule has 0 unspecified atom stereocenters. The van der Waals surface area contributed by atoms with E-state index in [9.17, 15) is 8.42 Å². The van der Waals surface area contributed by atoms with Crippen LogP contribution in [0.3, 0.4) is 0 Å². The molecule has 0 aliphatic carbocycles. The molecule has 3 rings (SSSR count). The number of aromatic nitrogens is 1. The van der Waals surface area contributed by atoms with Crippen molar-refractivity contribution >= 4 is 15.8 Å². The molecule has 3 heterocycles. The van der Waals surface area contributed by atoms with Crippen LogP contribution in [-0.4, -0.2) is 93.3 Å². The molecule has 1 aromatic heterocycles. The van der Waals surface area contributed by atoms with E-state index in [1.165, 1.54) is 4.31 Å². The second kappa shape index (κ2) is 7.75. The number of aliphatic hydroxyl groups excluding tert-OH is 1. The van der Waals surface area contributed by atoms with Gasteiger partial charge in [-0.25, -0.2) is 13.4 Å². The summed E-state index contributed by atoms with van der Waals surface area (Å²) in [6.45, 7) is 5.36. The zero-order chi connectivity index (χ0) is 17.0. The van der Waals surface area contributed by atoms with E-state index in [-0.39, 0.29) is 11.5 Å². The largest absolute Gasteiger partial charge is 0.395 e. The van der Waals surface area contributed by atoms with Crippen LogP contribution in [0.2, 0.25) is 0 Å². The number of piperazine rings is 1. The van der Waals surface area contributed by atoms with Crippen LogP contribution in [0.1, 0.15) is 0 Å². The summed E-state index contributed by atoms with van der Waals surface area (Å²) in [6, 6.07) is 3.30. The van der Waals surface area contributed by atoms with Crippen LogP contribution in [0.15, 0.2) is 23.2 Å². The number of pyridine rings is 1. The van der Waals surface area contributed by atoms with Crippen LogP contribution in [0.5, 0.6) is 0 Å². The molecule has 24 heavy (non-hydrogen) atoms. The Morgan fingerprint density at radius 1 is 1.12 bits per heavy atom. The third kappa shape index (κ3) is 3.70. The van der Waals surface area contributed by atoms with Crippen molar-refractivity contribution in [3.05, 3.63) is 18.3 Å². The van der Waals surface area contributed by atoms with Gasteiger partial charge in [0.15, 0.2) is 0 Å². The summed E-state index contributed by atoms with van der Waals surface area (Å²) in [5, 5.41) is 9.03. The standard InChI is InChI=1S/C15H24N4O4S/c20-11-8-17-4-6-18(7-5-17)15-14(2-1-3-16-15)24(21,22)19-9-12-23-13-10-19/h1-3,20H,4-13H2. The number of β-amino-alcohol motifs (C(OH)–C–C–N with tert-alkyl or cyclic N) is 1. The summed E-state index contributed by atoms with van der Waals surface area (Å²) in [7, 11) is -3.57. The van der Waals surface area contributed by atoms with Crippen molar-refractivity contribution < 1.29 is 18.3 Å². The summed E-state index contributed by atoms with van der Waals surface area (Å²) in [5.74, 6) is 0.521. The van der Waals surface area contributed by atoms with Gasteiger partial charge in [-0.3, -0.25) is 4.90 Å². The van der Waals surface area contributed by atoms with Gasteiger partial charge in [0, 0.05) is 52.0 Å². The SMILES string of the molecule is O=S(=O)(c1cccnc1N1CCN(CCO)CC1)N1CCOCC1.